The van der Waals surface area contributed by atoms with Crippen LogP contribution in [0.2, 0.25) is 5.02 Å². The molecule has 0 radical (unpaired) electrons. The van der Waals surface area contributed by atoms with E-state index in [1.54, 1.807) is 12.1 Å². The lowest BCUT2D eigenvalue weighted by Gasteiger charge is -2.56. The number of hydrogen-bond donors (Lipinski definition) is 1. The summed E-state index contributed by atoms with van der Waals surface area (Å²) >= 11 is 5.96. The van der Waals surface area contributed by atoms with Gasteiger partial charge in [0, 0.05) is 30.7 Å². The van der Waals surface area contributed by atoms with Crippen LogP contribution in [0, 0.1) is 29.2 Å². The molecule has 0 aromatic heterocycles. The molecule has 0 spiro atoms. The highest BCUT2D eigenvalue weighted by Crippen LogP contribution is 2.43. The van der Waals surface area contributed by atoms with Crippen LogP contribution in [-0.4, -0.2) is 42.0 Å². The third-order valence-corrected chi connectivity index (χ3v) is 6.26. The molecule has 1 aliphatic carbocycles. The number of amidine groups is 1. The summed E-state index contributed by atoms with van der Waals surface area (Å²) in [7, 11) is 0. The van der Waals surface area contributed by atoms with Gasteiger partial charge in [-0.2, -0.15) is 10.3 Å². The molecule has 2 atom stereocenters. The van der Waals surface area contributed by atoms with Crippen molar-refractivity contribution < 1.29 is 4.74 Å². The summed E-state index contributed by atoms with van der Waals surface area (Å²) in [6.45, 7) is 7.48. The molecule has 4 bridgehead atoms. The molecule has 26 heavy (non-hydrogen) atoms. The third kappa shape index (κ3) is 3.41. The lowest BCUT2D eigenvalue weighted by Crippen LogP contribution is -2.66. The van der Waals surface area contributed by atoms with E-state index in [2.05, 4.69) is 15.2 Å². The molecular weight excluding hydrogens is 348 g/mol. The molecule has 5 nitrogen and oxygen atoms in total. The maximum absolute atomic E-state index is 9.23. The number of hydrogen-bond acceptors (Lipinski definition) is 4. The third-order valence-electron chi connectivity index (χ3n) is 6.01. The van der Waals surface area contributed by atoms with Crippen molar-refractivity contribution in [1.82, 2.24) is 10.2 Å². The molecule has 2 unspecified atom stereocenters. The van der Waals surface area contributed by atoms with Crippen LogP contribution in [0.25, 0.3) is 0 Å². The molecule has 1 aromatic rings. The van der Waals surface area contributed by atoms with Gasteiger partial charge in [-0.15, -0.1) is 0 Å². The fourth-order valence-electron chi connectivity index (χ4n) is 5.04. The minimum absolute atomic E-state index is 0.378. The molecule has 138 valence electrons. The number of ether oxygens (including phenoxy) is 1. The molecule has 3 saturated heterocycles. The van der Waals surface area contributed by atoms with Crippen LogP contribution < -0.4 is 10.1 Å². The molecule has 3 heterocycles. The van der Waals surface area contributed by atoms with Gasteiger partial charge in [0.15, 0.2) is 11.4 Å². The number of aliphatic imine (C=N–C) groups is 1. The van der Waals surface area contributed by atoms with Crippen LogP contribution in [0.15, 0.2) is 29.3 Å². The number of nitrogens with zero attached hydrogens (tertiary/aromatic N) is 3. The monoisotopic (exact) mass is 372 g/mol. The van der Waals surface area contributed by atoms with E-state index >= 15 is 0 Å². The summed E-state index contributed by atoms with van der Waals surface area (Å²) in [5.41, 5.74) is -0.724. The lowest BCUT2D eigenvalue weighted by atomic mass is 9.65. The summed E-state index contributed by atoms with van der Waals surface area (Å²) in [6, 6.07) is 7.65. The van der Waals surface area contributed by atoms with Crippen molar-refractivity contribution in [3.63, 3.8) is 0 Å². The number of piperidine rings is 3. The van der Waals surface area contributed by atoms with Gasteiger partial charge in [-0.05, 0) is 68.7 Å². The van der Waals surface area contributed by atoms with E-state index in [1.165, 1.54) is 19.4 Å². The summed E-state index contributed by atoms with van der Waals surface area (Å²) in [5, 5.41) is 13.5. The first-order chi connectivity index (χ1) is 12.4. The molecule has 1 N–H and O–H groups in total. The summed E-state index contributed by atoms with van der Waals surface area (Å²) in [4.78, 5) is 6.71. The number of rotatable bonds is 4. The maximum atomic E-state index is 9.23. The Morgan fingerprint density at radius 3 is 2.46 bits per heavy atom. The topological polar surface area (TPSA) is 60.6 Å². The first kappa shape index (κ1) is 17.6. The second-order valence-corrected chi connectivity index (χ2v) is 8.81. The minimum Gasteiger partial charge on any atom is -0.480 e. The largest absolute Gasteiger partial charge is 0.480 e. The normalized spacial score (nSPS) is 33.0. The van der Waals surface area contributed by atoms with Crippen LogP contribution in [0.4, 0.5) is 0 Å². The first-order valence-electron chi connectivity index (χ1n) is 9.35. The minimum atomic E-state index is -0.724. The zero-order valence-corrected chi connectivity index (χ0v) is 16.0. The Balaban J connectivity index is 1.51. The van der Waals surface area contributed by atoms with Crippen LogP contribution >= 0.6 is 11.6 Å². The molecule has 6 heteroatoms. The number of halogens is 1. The van der Waals surface area contributed by atoms with Crippen LogP contribution in [0.3, 0.4) is 0 Å². The lowest BCUT2D eigenvalue weighted by molar-refractivity contribution is -0.0397. The van der Waals surface area contributed by atoms with Gasteiger partial charge < -0.3 is 15.0 Å². The molecule has 3 aliphatic heterocycles. The Kier molecular flexibility index (Phi) is 4.58. The SMILES string of the molecule is CC(C)(Oc1ccc(Cl)cc1)/C(=N\C#N)NC1C2CC3CC1CN(C3)C2. The number of nitrogens with one attached hydrogen (secondary N) is 1. The molecule has 4 fully saturated rings. The van der Waals surface area contributed by atoms with E-state index in [9.17, 15) is 5.26 Å². The van der Waals surface area contributed by atoms with E-state index in [1.807, 2.05) is 32.2 Å². The van der Waals surface area contributed by atoms with Crippen molar-refractivity contribution in [2.24, 2.45) is 22.7 Å². The van der Waals surface area contributed by atoms with Gasteiger partial charge in [0.1, 0.15) is 5.75 Å². The van der Waals surface area contributed by atoms with Gasteiger partial charge in [0.05, 0.1) is 0 Å². The van der Waals surface area contributed by atoms with Gasteiger partial charge in [-0.3, -0.25) is 0 Å². The Morgan fingerprint density at radius 1 is 1.23 bits per heavy atom. The zero-order valence-electron chi connectivity index (χ0n) is 15.3. The van der Waals surface area contributed by atoms with Crippen LogP contribution in [0.1, 0.15) is 26.7 Å². The predicted octanol–water partition coefficient (Wildman–Crippen LogP) is 3.31. The maximum Gasteiger partial charge on any atom is 0.207 e. The Labute approximate surface area is 160 Å². The van der Waals surface area contributed by atoms with Crippen molar-refractivity contribution >= 4 is 17.4 Å². The molecule has 1 saturated carbocycles. The first-order valence-corrected chi connectivity index (χ1v) is 9.73. The second-order valence-electron chi connectivity index (χ2n) is 8.37. The average molecular weight is 373 g/mol. The van der Waals surface area contributed by atoms with Crippen molar-refractivity contribution in [1.29, 1.82) is 5.26 Å². The number of nitriles is 1. The van der Waals surface area contributed by atoms with E-state index in [4.69, 9.17) is 16.3 Å². The smallest absolute Gasteiger partial charge is 0.207 e. The van der Waals surface area contributed by atoms with Gasteiger partial charge in [-0.25, -0.2) is 0 Å². The van der Waals surface area contributed by atoms with E-state index in [0.717, 1.165) is 19.0 Å². The molecule has 4 aliphatic rings. The van der Waals surface area contributed by atoms with E-state index in [0.29, 0.717) is 34.5 Å². The second kappa shape index (κ2) is 6.75. The summed E-state index contributed by atoms with van der Waals surface area (Å²) in [6.07, 6.45) is 4.52. The van der Waals surface area contributed by atoms with Crippen molar-refractivity contribution in [3.8, 4) is 11.9 Å². The van der Waals surface area contributed by atoms with Crippen molar-refractivity contribution in [2.75, 3.05) is 19.6 Å². The van der Waals surface area contributed by atoms with Gasteiger partial charge >= 0.3 is 0 Å². The number of benzene rings is 1. The standard InChI is InChI=1S/C20H25ClN4O/c1-20(2,26-17-5-3-16(21)4-6-17)19(23-12-22)24-18-14-7-13-8-15(18)11-25(9-13)10-14/h3-6,13-15,18H,7-11H2,1-2H3,(H,23,24). The van der Waals surface area contributed by atoms with Crippen molar-refractivity contribution in [2.45, 2.75) is 38.3 Å². The highest BCUT2D eigenvalue weighted by molar-refractivity contribution is 6.30. The Morgan fingerprint density at radius 2 is 1.88 bits per heavy atom. The fourth-order valence-corrected chi connectivity index (χ4v) is 5.16. The highest BCUT2D eigenvalue weighted by Gasteiger charge is 2.48. The average Bonchev–Trinajstić information content (AvgIpc) is 2.58. The quantitative estimate of drug-likeness (QED) is 0.500. The summed E-state index contributed by atoms with van der Waals surface area (Å²) in [5.74, 6) is 3.44. The van der Waals surface area contributed by atoms with Crippen LogP contribution in [0.5, 0.6) is 5.75 Å². The fraction of sp³-hybridized carbons (Fsp3) is 0.600. The molecule has 5 rings (SSSR count). The Bertz CT molecular complexity index is 709. The Hall–Kier alpha value is -1.77. The van der Waals surface area contributed by atoms with E-state index in [-0.39, 0.29) is 0 Å². The zero-order chi connectivity index (χ0) is 18.3. The van der Waals surface area contributed by atoms with Crippen molar-refractivity contribution in [3.05, 3.63) is 29.3 Å². The van der Waals surface area contributed by atoms with Gasteiger partial charge in [0.2, 0.25) is 6.19 Å². The highest BCUT2D eigenvalue weighted by atomic mass is 35.5. The van der Waals surface area contributed by atoms with E-state index < -0.39 is 5.60 Å². The summed E-state index contributed by atoms with van der Waals surface area (Å²) < 4.78 is 6.15. The molecule has 0 amide bonds. The molecular formula is C20H25ClN4O. The van der Waals surface area contributed by atoms with Gasteiger partial charge in [0.25, 0.3) is 0 Å². The van der Waals surface area contributed by atoms with Crippen LogP contribution in [-0.2, 0) is 0 Å². The predicted molar refractivity (Wildman–Crippen MR) is 102 cm³/mol. The molecule has 1 aromatic carbocycles. The van der Waals surface area contributed by atoms with Gasteiger partial charge in [-0.1, -0.05) is 11.6 Å².